The first-order chi connectivity index (χ1) is 7.24. The molecule has 0 fully saturated rings. The van der Waals surface area contributed by atoms with Crippen molar-refractivity contribution in [2.24, 2.45) is 5.92 Å². The highest BCUT2D eigenvalue weighted by Crippen LogP contribution is 2.19. The van der Waals surface area contributed by atoms with Gasteiger partial charge >= 0.3 is 0 Å². The molecule has 15 heavy (non-hydrogen) atoms. The first-order valence-corrected chi connectivity index (χ1v) is 6.48. The molecule has 0 saturated heterocycles. The monoisotopic (exact) mass is 227 g/mol. The summed E-state index contributed by atoms with van der Waals surface area (Å²) in [6, 6.07) is 0.396. The van der Waals surface area contributed by atoms with Crippen LogP contribution in [0.5, 0.6) is 0 Å². The molecule has 0 aliphatic rings. The number of rotatable bonds is 7. The van der Waals surface area contributed by atoms with Gasteiger partial charge in [-0.3, -0.25) is 0 Å². The van der Waals surface area contributed by atoms with Gasteiger partial charge in [0.25, 0.3) is 0 Å². The van der Waals surface area contributed by atoms with E-state index in [0.717, 1.165) is 24.6 Å². The molecule has 0 aliphatic heterocycles. The third-order valence-corrected chi connectivity index (χ3v) is 2.95. The van der Waals surface area contributed by atoms with Crippen LogP contribution in [0.3, 0.4) is 0 Å². The van der Waals surface area contributed by atoms with E-state index < -0.39 is 0 Å². The molecule has 1 unspecified atom stereocenters. The summed E-state index contributed by atoms with van der Waals surface area (Å²) in [5.74, 6) is 0.792. The molecule has 86 valence electrons. The highest BCUT2D eigenvalue weighted by atomic mass is 32.1. The average molecular weight is 227 g/mol. The molecule has 0 saturated carbocycles. The molecule has 0 spiro atoms. The van der Waals surface area contributed by atoms with Crippen LogP contribution in [0.1, 0.15) is 51.8 Å². The molecular weight excluding hydrogens is 206 g/mol. The molecule has 0 radical (unpaired) electrons. The van der Waals surface area contributed by atoms with Gasteiger partial charge in [-0.1, -0.05) is 33.6 Å². The van der Waals surface area contributed by atoms with Crippen LogP contribution in [0, 0.1) is 5.92 Å². The minimum Gasteiger partial charge on any atom is -0.309 e. The van der Waals surface area contributed by atoms with E-state index in [9.17, 15) is 0 Å². The SMILES string of the molecule is CCNC(CCCC(C)C)c1cnsn1. The lowest BCUT2D eigenvalue weighted by Crippen LogP contribution is -2.21. The van der Waals surface area contributed by atoms with Crippen molar-refractivity contribution in [1.29, 1.82) is 0 Å². The van der Waals surface area contributed by atoms with Gasteiger partial charge in [0.2, 0.25) is 0 Å². The summed E-state index contributed by atoms with van der Waals surface area (Å²) in [6.07, 6.45) is 5.59. The third kappa shape index (κ3) is 4.71. The molecule has 0 bridgehead atoms. The molecule has 1 rings (SSSR count). The van der Waals surface area contributed by atoms with Crippen LogP contribution in [0.15, 0.2) is 6.20 Å². The smallest absolute Gasteiger partial charge is 0.0912 e. The summed E-state index contributed by atoms with van der Waals surface area (Å²) in [5.41, 5.74) is 1.10. The van der Waals surface area contributed by atoms with Crippen LogP contribution in [-0.2, 0) is 0 Å². The van der Waals surface area contributed by atoms with E-state index in [1.807, 2.05) is 6.20 Å². The summed E-state index contributed by atoms with van der Waals surface area (Å²) >= 11 is 1.29. The van der Waals surface area contributed by atoms with Crippen LogP contribution in [-0.4, -0.2) is 15.3 Å². The molecule has 3 nitrogen and oxygen atoms in total. The van der Waals surface area contributed by atoms with Crippen molar-refractivity contribution in [2.45, 2.75) is 46.1 Å². The molecule has 0 aliphatic carbocycles. The van der Waals surface area contributed by atoms with E-state index >= 15 is 0 Å². The quantitative estimate of drug-likeness (QED) is 0.778. The van der Waals surface area contributed by atoms with E-state index in [-0.39, 0.29) is 0 Å². The summed E-state index contributed by atoms with van der Waals surface area (Å²) in [7, 11) is 0. The zero-order valence-corrected chi connectivity index (χ0v) is 10.7. The molecule has 1 aromatic heterocycles. The van der Waals surface area contributed by atoms with Crippen molar-refractivity contribution in [3.8, 4) is 0 Å². The number of hydrogen-bond acceptors (Lipinski definition) is 4. The second-order valence-electron chi connectivity index (χ2n) is 4.27. The highest BCUT2D eigenvalue weighted by Gasteiger charge is 2.12. The zero-order chi connectivity index (χ0) is 11.1. The van der Waals surface area contributed by atoms with Crippen LogP contribution in [0.25, 0.3) is 0 Å². The largest absolute Gasteiger partial charge is 0.309 e. The van der Waals surface area contributed by atoms with Crippen LogP contribution >= 0.6 is 11.7 Å². The van der Waals surface area contributed by atoms with Gasteiger partial charge in [-0.15, -0.1) is 0 Å². The van der Waals surface area contributed by atoms with Crippen molar-refractivity contribution < 1.29 is 0 Å². The fourth-order valence-corrected chi connectivity index (χ4v) is 2.13. The lowest BCUT2D eigenvalue weighted by Gasteiger charge is -2.15. The van der Waals surface area contributed by atoms with Gasteiger partial charge in [-0.25, -0.2) is 0 Å². The molecule has 1 heterocycles. The predicted octanol–water partition coefficient (Wildman–Crippen LogP) is 3.02. The lowest BCUT2D eigenvalue weighted by atomic mass is 10.0. The second kappa shape index (κ2) is 6.90. The molecular formula is C11H21N3S. The maximum atomic E-state index is 4.30. The summed E-state index contributed by atoms with van der Waals surface area (Å²) < 4.78 is 8.36. The Morgan fingerprint density at radius 1 is 1.40 bits per heavy atom. The van der Waals surface area contributed by atoms with E-state index in [0.29, 0.717) is 6.04 Å². The highest BCUT2D eigenvalue weighted by molar-refractivity contribution is 6.99. The number of nitrogens with zero attached hydrogens (tertiary/aromatic N) is 2. The molecule has 4 heteroatoms. The van der Waals surface area contributed by atoms with Gasteiger partial charge < -0.3 is 5.32 Å². The Labute approximate surface area is 96.6 Å². The average Bonchev–Trinajstić information content (AvgIpc) is 2.68. The molecule has 0 amide bonds. The maximum Gasteiger partial charge on any atom is 0.0912 e. The van der Waals surface area contributed by atoms with Gasteiger partial charge in [-0.05, 0) is 18.9 Å². The normalized spacial score (nSPS) is 13.3. The van der Waals surface area contributed by atoms with Crippen LogP contribution < -0.4 is 5.32 Å². The first kappa shape index (κ1) is 12.6. The topological polar surface area (TPSA) is 37.8 Å². The van der Waals surface area contributed by atoms with E-state index in [1.165, 1.54) is 24.6 Å². The van der Waals surface area contributed by atoms with Crippen LogP contribution in [0.4, 0.5) is 0 Å². The van der Waals surface area contributed by atoms with Gasteiger partial charge in [-0.2, -0.15) is 8.75 Å². The van der Waals surface area contributed by atoms with Crippen molar-refractivity contribution >= 4 is 11.7 Å². The summed E-state index contributed by atoms with van der Waals surface area (Å²) in [5, 5.41) is 3.46. The Morgan fingerprint density at radius 2 is 2.20 bits per heavy atom. The Kier molecular flexibility index (Phi) is 5.79. The minimum atomic E-state index is 0.396. The van der Waals surface area contributed by atoms with Crippen molar-refractivity contribution in [1.82, 2.24) is 14.1 Å². The Bertz CT molecular complexity index is 246. The lowest BCUT2D eigenvalue weighted by molar-refractivity contribution is 0.450. The Morgan fingerprint density at radius 3 is 2.73 bits per heavy atom. The van der Waals surface area contributed by atoms with Gasteiger partial charge in [0.1, 0.15) is 0 Å². The van der Waals surface area contributed by atoms with Crippen molar-refractivity contribution in [3.63, 3.8) is 0 Å². The standard InChI is InChI=1S/C11H21N3S/c1-4-12-10(7-5-6-9(2)3)11-8-13-15-14-11/h8-10,12H,4-7H2,1-3H3. The van der Waals surface area contributed by atoms with E-state index in [2.05, 4.69) is 34.8 Å². The molecule has 0 aromatic carbocycles. The first-order valence-electron chi connectivity index (χ1n) is 5.74. The van der Waals surface area contributed by atoms with Gasteiger partial charge in [0.15, 0.2) is 0 Å². The number of nitrogens with one attached hydrogen (secondary N) is 1. The van der Waals surface area contributed by atoms with Gasteiger partial charge in [0.05, 0.1) is 29.7 Å². The second-order valence-corrected chi connectivity index (χ2v) is 4.82. The molecule has 1 aromatic rings. The Hall–Kier alpha value is -0.480. The molecule has 1 N–H and O–H groups in total. The number of hydrogen-bond donors (Lipinski definition) is 1. The van der Waals surface area contributed by atoms with Crippen molar-refractivity contribution in [3.05, 3.63) is 11.9 Å². The fourth-order valence-electron chi connectivity index (χ4n) is 1.66. The van der Waals surface area contributed by atoms with Crippen LogP contribution in [0.2, 0.25) is 0 Å². The van der Waals surface area contributed by atoms with E-state index in [4.69, 9.17) is 0 Å². The van der Waals surface area contributed by atoms with Crippen molar-refractivity contribution in [2.75, 3.05) is 6.54 Å². The minimum absolute atomic E-state index is 0.396. The van der Waals surface area contributed by atoms with Gasteiger partial charge in [0, 0.05) is 0 Å². The van der Waals surface area contributed by atoms with E-state index in [1.54, 1.807) is 0 Å². The predicted molar refractivity (Wildman–Crippen MR) is 65.0 cm³/mol. The Balaban J connectivity index is 2.38. The number of aromatic nitrogens is 2. The third-order valence-electron chi connectivity index (χ3n) is 2.46. The summed E-state index contributed by atoms with van der Waals surface area (Å²) in [6.45, 7) is 7.67. The fraction of sp³-hybridized carbons (Fsp3) is 0.818. The summed E-state index contributed by atoms with van der Waals surface area (Å²) in [4.78, 5) is 0. The molecule has 1 atom stereocenters. The zero-order valence-electron chi connectivity index (χ0n) is 9.86. The maximum absolute atomic E-state index is 4.30.